The van der Waals surface area contributed by atoms with E-state index >= 15 is 0 Å². The molecule has 0 heterocycles. The van der Waals surface area contributed by atoms with Crippen molar-refractivity contribution < 1.29 is 22.2 Å². The predicted molar refractivity (Wildman–Crippen MR) is 53.6 cm³/mol. The molecule has 0 aliphatic heterocycles. The molecule has 1 nitrogen and oxygen atoms in total. The number of hydrogen-bond acceptors (Lipinski definition) is 1. The van der Waals surface area contributed by atoms with Crippen LogP contribution in [0.4, 0.5) is 0 Å². The van der Waals surface area contributed by atoms with Crippen molar-refractivity contribution in [2.75, 3.05) is 0 Å². The summed E-state index contributed by atoms with van der Waals surface area (Å²) in [4.78, 5) is 0. The van der Waals surface area contributed by atoms with Gasteiger partial charge in [0.25, 0.3) is 0 Å². The summed E-state index contributed by atoms with van der Waals surface area (Å²) in [6.07, 6.45) is 17.3. The Bertz CT molecular complexity index is 108. The summed E-state index contributed by atoms with van der Waals surface area (Å²) in [5.41, 5.74) is 0. The Morgan fingerprint density at radius 3 is 1.43 bits per heavy atom. The second-order valence-electron chi connectivity index (χ2n) is 2.86. The molecule has 2 heteroatoms. The Hall–Kier alpha value is 0.479. The summed E-state index contributed by atoms with van der Waals surface area (Å²) in [6, 6.07) is 0. The molecule has 2 aliphatic carbocycles. The summed E-state index contributed by atoms with van der Waals surface area (Å²) in [7, 11) is 0. The maximum absolute atomic E-state index is 8.91. The van der Waals surface area contributed by atoms with Gasteiger partial charge in [-0.2, -0.15) is 0 Å². The average molecular weight is 230 g/mol. The summed E-state index contributed by atoms with van der Waals surface area (Å²) in [6.45, 7) is 1.76. The van der Waals surface area contributed by atoms with Crippen molar-refractivity contribution in [2.24, 2.45) is 0 Å². The van der Waals surface area contributed by atoms with Gasteiger partial charge in [0.15, 0.2) is 0 Å². The van der Waals surface area contributed by atoms with Gasteiger partial charge in [-0.1, -0.05) is 0 Å². The predicted octanol–water partition coefficient (Wildman–Crippen LogP) is 1.79. The SMILES string of the molecule is C[C@H](O)[C]1[CH][CH][CH][CH]1.[CH]1[CH][CH][CH][CH]1.[Fe+2]. The zero-order chi connectivity index (χ0) is 9.52. The van der Waals surface area contributed by atoms with E-state index in [0.29, 0.717) is 0 Å². The molecular formula is C12H14FeO+2. The van der Waals surface area contributed by atoms with Crippen molar-refractivity contribution in [3.8, 4) is 0 Å². The molecule has 2 saturated carbocycles. The second-order valence-corrected chi connectivity index (χ2v) is 2.86. The van der Waals surface area contributed by atoms with Crippen LogP contribution >= 0.6 is 0 Å². The van der Waals surface area contributed by atoms with Crippen LogP contribution in [0.1, 0.15) is 6.92 Å². The standard InChI is InChI=1S/C7H9O.C5H5.Fe/c1-6(8)7-4-2-3-5-7;1-2-4-5-3-1;/h2-6,8H,1H3;1-5H;/q;;+2/t6-;;/m0../s1. The second kappa shape index (κ2) is 8.76. The van der Waals surface area contributed by atoms with Crippen LogP contribution in [-0.2, 0) is 17.1 Å². The monoisotopic (exact) mass is 230 g/mol. The Balaban J connectivity index is 0.000000246. The Kier molecular flexibility index (Phi) is 9.06. The van der Waals surface area contributed by atoms with Crippen molar-refractivity contribution in [3.63, 3.8) is 0 Å². The van der Waals surface area contributed by atoms with Crippen LogP contribution in [0.2, 0.25) is 0 Å². The summed E-state index contributed by atoms with van der Waals surface area (Å²) in [5.74, 6) is 0.991. The molecular weight excluding hydrogens is 216 g/mol. The zero-order valence-electron chi connectivity index (χ0n) is 8.07. The third-order valence-electron chi connectivity index (χ3n) is 1.73. The van der Waals surface area contributed by atoms with E-state index in [1.165, 1.54) is 0 Å². The van der Waals surface area contributed by atoms with Crippen molar-refractivity contribution in [1.82, 2.24) is 0 Å². The molecule has 2 aliphatic rings. The smallest absolute Gasteiger partial charge is 0.393 e. The van der Waals surface area contributed by atoms with E-state index < -0.39 is 0 Å². The molecule has 2 fully saturated rings. The molecule has 1 atom stereocenters. The Labute approximate surface area is 99.1 Å². The Morgan fingerprint density at radius 1 is 0.857 bits per heavy atom. The molecule has 74 valence electrons. The fourth-order valence-electron chi connectivity index (χ4n) is 0.988. The van der Waals surface area contributed by atoms with E-state index in [-0.39, 0.29) is 23.2 Å². The van der Waals surface area contributed by atoms with Crippen molar-refractivity contribution in [1.29, 1.82) is 0 Å². The van der Waals surface area contributed by atoms with E-state index in [9.17, 15) is 0 Å². The first-order valence-electron chi connectivity index (χ1n) is 4.37. The third kappa shape index (κ3) is 6.06. The number of rotatable bonds is 1. The summed E-state index contributed by atoms with van der Waals surface area (Å²) in [5, 5.41) is 8.91. The van der Waals surface area contributed by atoms with Crippen LogP contribution < -0.4 is 0 Å². The molecule has 0 saturated heterocycles. The molecule has 0 aromatic heterocycles. The topological polar surface area (TPSA) is 20.2 Å². The first-order valence-corrected chi connectivity index (χ1v) is 4.37. The normalized spacial score (nSPS) is 23.6. The van der Waals surface area contributed by atoms with Crippen LogP contribution in [0, 0.1) is 63.7 Å². The van der Waals surface area contributed by atoms with Gasteiger partial charge in [0.1, 0.15) is 0 Å². The fraction of sp³-hybridized carbons (Fsp3) is 0.167. The van der Waals surface area contributed by atoms with Crippen LogP contribution in [-0.4, -0.2) is 11.2 Å². The maximum atomic E-state index is 8.91. The van der Waals surface area contributed by atoms with Crippen LogP contribution in [0.15, 0.2) is 0 Å². The fourth-order valence-corrected chi connectivity index (χ4v) is 0.988. The van der Waals surface area contributed by atoms with E-state index in [1.807, 2.05) is 57.8 Å². The van der Waals surface area contributed by atoms with E-state index in [2.05, 4.69) is 0 Å². The summed E-state index contributed by atoms with van der Waals surface area (Å²) < 4.78 is 0. The first kappa shape index (κ1) is 14.5. The van der Waals surface area contributed by atoms with Gasteiger partial charge in [0.2, 0.25) is 0 Å². The molecule has 0 spiro atoms. The van der Waals surface area contributed by atoms with Gasteiger partial charge in [-0.05, 0) is 64.7 Å². The van der Waals surface area contributed by atoms with Crippen molar-refractivity contribution in [3.05, 3.63) is 63.7 Å². The van der Waals surface area contributed by atoms with Crippen molar-refractivity contribution >= 4 is 0 Å². The van der Waals surface area contributed by atoms with Gasteiger partial charge < -0.3 is 5.11 Å². The van der Waals surface area contributed by atoms with Gasteiger partial charge in [0, 0.05) is 5.92 Å². The molecule has 2 rings (SSSR count). The molecule has 14 heavy (non-hydrogen) atoms. The molecule has 0 bridgehead atoms. The van der Waals surface area contributed by atoms with Gasteiger partial charge >= 0.3 is 17.1 Å². The van der Waals surface area contributed by atoms with Gasteiger partial charge in [-0.15, -0.1) is 0 Å². The van der Waals surface area contributed by atoms with Gasteiger partial charge in [0.05, 0.1) is 6.10 Å². The minimum atomic E-state index is -0.315. The molecule has 1 N–H and O–H groups in total. The largest absolute Gasteiger partial charge is 2.00 e. The number of aliphatic hydroxyl groups is 1. The molecule has 0 aromatic carbocycles. The van der Waals surface area contributed by atoms with Crippen LogP contribution in [0.5, 0.6) is 0 Å². The molecule has 10 radical (unpaired) electrons. The van der Waals surface area contributed by atoms with Crippen LogP contribution in [0.25, 0.3) is 0 Å². The van der Waals surface area contributed by atoms with E-state index in [4.69, 9.17) is 5.11 Å². The van der Waals surface area contributed by atoms with Gasteiger partial charge in [-0.3, -0.25) is 0 Å². The minimum absolute atomic E-state index is 0. The quantitative estimate of drug-likeness (QED) is 0.681. The zero-order valence-corrected chi connectivity index (χ0v) is 9.18. The van der Waals surface area contributed by atoms with Crippen molar-refractivity contribution in [2.45, 2.75) is 13.0 Å². The Morgan fingerprint density at radius 2 is 1.21 bits per heavy atom. The van der Waals surface area contributed by atoms with E-state index in [0.717, 1.165) is 5.92 Å². The average Bonchev–Trinajstić information content (AvgIpc) is 2.82. The molecule has 0 unspecified atom stereocenters. The molecule has 0 aromatic rings. The van der Waals surface area contributed by atoms with Gasteiger partial charge in [-0.25, -0.2) is 0 Å². The number of aliphatic hydroxyl groups excluding tert-OH is 1. The third-order valence-corrected chi connectivity index (χ3v) is 1.73. The summed E-state index contributed by atoms with van der Waals surface area (Å²) >= 11 is 0. The van der Waals surface area contributed by atoms with E-state index in [1.54, 1.807) is 6.92 Å². The first-order chi connectivity index (χ1) is 6.30. The minimum Gasteiger partial charge on any atom is -0.393 e. The van der Waals surface area contributed by atoms with Crippen LogP contribution in [0.3, 0.4) is 0 Å². The number of hydrogen-bond donors (Lipinski definition) is 1. The maximum Gasteiger partial charge on any atom is 2.00 e. The molecule has 0 amide bonds.